The Balaban J connectivity index is 1.41. The van der Waals surface area contributed by atoms with Crippen LogP contribution in [-0.2, 0) is 17.6 Å². The first kappa shape index (κ1) is 17.3. The Morgan fingerprint density at radius 3 is 3.08 bits per heavy atom. The van der Waals surface area contributed by atoms with Gasteiger partial charge in [-0.3, -0.25) is 4.79 Å². The molecule has 3 heterocycles. The molecule has 0 spiro atoms. The van der Waals surface area contributed by atoms with E-state index in [0.717, 1.165) is 18.5 Å². The van der Waals surface area contributed by atoms with Gasteiger partial charge in [0.1, 0.15) is 0 Å². The lowest BCUT2D eigenvalue weighted by atomic mass is 10.0. The zero-order chi connectivity index (χ0) is 18.1. The van der Waals surface area contributed by atoms with Crippen LogP contribution in [0.4, 0.5) is 0 Å². The summed E-state index contributed by atoms with van der Waals surface area (Å²) in [4.78, 5) is 20.4. The van der Waals surface area contributed by atoms with Crippen molar-refractivity contribution in [3.05, 3.63) is 63.3 Å². The molecule has 134 valence electrons. The second-order valence-corrected chi connectivity index (χ2v) is 7.82. The topological polar surface area (TPSA) is 46.3 Å². The zero-order valence-electron chi connectivity index (χ0n) is 14.4. The van der Waals surface area contributed by atoms with Crippen LogP contribution in [0.3, 0.4) is 0 Å². The Morgan fingerprint density at radius 2 is 2.23 bits per heavy atom. The summed E-state index contributed by atoms with van der Waals surface area (Å²) in [6.07, 6.45) is 3.50. The molecule has 3 aromatic rings. The number of halogens is 1. The van der Waals surface area contributed by atoms with Crippen LogP contribution in [0.25, 0.3) is 11.3 Å². The number of fused-ring (bicyclic) bond motifs is 1. The minimum absolute atomic E-state index is 0.140. The number of hydrogen-bond donors (Lipinski definition) is 0. The lowest BCUT2D eigenvalue weighted by Crippen LogP contribution is -2.38. The van der Waals surface area contributed by atoms with Crippen molar-refractivity contribution in [1.29, 1.82) is 0 Å². The molecule has 0 bridgehead atoms. The minimum atomic E-state index is 0.140. The Bertz CT molecular complexity index is 933. The third kappa shape index (κ3) is 3.29. The van der Waals surface area contributed by atoms with Crippen molar-refractivity contribution in [2.45, 2.75) is 32.2 Å². The van der Waals surface area contributed by atoms with Crippen LogP contribution in [0, 0.1) is 0 Å². The molecule has 0 N–H and O–H groups in total. The molecule has 0 saturated carbocycles. The summed E-state index contributed by atoms with van der Waals surface area (Å²) in [5.74, 6) is 1.34. The first-order chi connectivity index (χ1) is 12.6. The van der Waals surface area contributed by atoms with Gasteiger partial charge in [0.15, 0.2) is 11.7 Å². The molecule has 6 heteroatoms. The molecular weight excluding hydrogens is 368 g/mol. The highest BCUT2D eigenvalue weighted by molar-refractivity contribution is 7.10. The number of aryl methyl sites for hydroxylation is 1. The molecule has 0 aliphatic carbocycles. The van der Waals surface area contributed by atoms with E-state index in [0.29, 0.717) is 29.5 Å². The van der Waals surface area contributed by atoms with Crippen LogP contribution in [0.1, 0.15) is 35.7 Å². The fourth-order valence-corrected chi connectivity index (χ4v) is 4.61. The van der Waals surface area contributed by atoms with Gasteiger partial charge in [-0.2, -0.15) is 0 Å². The van der Waals surface area contributed by atoms with E-state index < -0.39 is 0 Å². The molecule has 1 unspecified atom stereocenters. The summed E-state index contributed by atoms with van der Waals surface area (Å²) in [5, 5.41) is 2.73. The molecule has 1 aliphatic rings. The number of nitrogens with zero attached hydrogens (tertiary/aromatic N) is 2. The number of rotatable bonds is 4. The normalized spacial score (nSPS) is 16.5. The summed E-state index contributed by atoms with van der Waals surface area (Å²) in [5.41, 5.74) is 2.10. The molecule has 4 rings (SSSR count). The first-order valence-corrected chi connectivity index (χ1v) is 9.94. The van der Waals surface area contributed by atoms with Gasteiger partial charge >= 0.3 is 0 Å². The summed E-state index contributed by atoms with van der Waals surface area (Å²) in [6.45, 7) is 2.88. The standard InChI is InChI=1S/C20H19ClN2O2S/c1-13-14-9-11-26-18(14)8-10-23(13)20(24)7-6-19-22-12-17(25-19)15-4-2-3-5-16(15)21/h2-5,9,11-13H,6-8,10H2,1H3. The van der Waals surface area contributed by atoms with E-state index in [1.807, 2.05) is 29.2 Å². The average Bonchev–Trinajstić information content (AvgIpc) is 3.30. The van der Waals surface area contributed by atoms with Crippen LogP contribution in [0.2, 0.25) is 5.02 Å². The van der Waals surface area contributed by atoms with Crippen molar-refractivity contribution in [3.8, 4) is 11.3 Å². The SMILES string of the molecule is CC1c2ccsc2CCN1C(=O)CCc1ncc(-c2ccccc2Cl)o1. The molecule has 0 fully saturated rings. The van der Waals surface area contributed by atoms with Gasteiger partial charge in [-0.25, -0.2) is 4.98 Å². The smallest absolute Gasteiger partial charge is 0.223 e. The summed E-state index contributed by atoms with van der Waals surface area (Å²) in [7, 11) is 0. The number of hydrogen-bond acceptors (Lipinski definition) is 4. The number of carbonyl (C=O) groups is 1. The van der Waals surface area contributed by atoms with Crippen molar-refractivity contribution < 1.29 is 9.21 Å². The van der Waals surface area contributed by atoms with Gasteiger partial charge in [-0.15, -0.1) is 11.3 Å². The van der Waals surface area contributed by atoms with Gasteiger partial charge in [0.05, 0.1) is 17.3 Å². The van der Waals surface area contributed by atoms with Gasteiger partial charge < -0.3 is 9.32 Å². The van der Waals surface area contributed by atoms with Crippen molar-refractivity contribution in [1.82, 2.24) is 9.88 Å². The highest BCUT2D eigenvalue weighted by Gasteiger charge is 2.28. The molecule has 0 radical (unpaired) electrons. The number of oxazole rings is 1. The van der Waals surface area contributed by atoms with E-state index >= 15 is 0 Å². The highest BCUT2D eigenvalue weighted by Crippen LogP contribution is 2.33. The maximum absolute atomic E-state index is 12.7. The predicted molar refractivity (Wildman–Crippen MR) is 103 cm³/mol. The maximum atomic E-state index is 12.7. The predicted octanol–water partition coefficient (Wildman–Crippen LogP) is 5.14. The Morgan fingerprint density at radius 1 is 1.38 bits per heavy atom. The Labute approximate surface area is 161 Å². The van der Waals surface area contributed by atoms with E-state index in [-0.39, 0.29) is 11.9 Å². The van der Waals surface area contributed by atoms with Crippen molar-refractivity contribution in [3.63, 3.8) is 0 Å². The second-order valence-electron chi connectivity index (χ2n) is 6.41. The molecule has 26 heavy (non-hydrogen) atoms. The van der Waals surface area contributed by atoms with Gasteiger partial charge in [-0.05, 0) is 42.5 Å². The summed E-state index contributed by atoms with van der Waals surface area (Å²) in [6, 6.07) is 9.77. The van der Waals surface area contributed by atoms with E-state index in [9.17, 15) is 4.79 Å². The van der Waals surface area contributed by atoms with Crippen LogP contribution in [-0.4, -0.2) is 22.3 Å². The molecule has 1 aromatic carbocycles. The maximum Gasteiger partial charge on any atom is 0.223 e. The lowest BCUT2D eigenvalue weighted by Gasteiger charge is -2.33. The monoisotopic (exact) mass is 386 g/mol. The number of aromatic nitrogens is 1. The van der Waals surface area contributed by atoms with E-state index in [1.165, 1.54) is 10.4 Å². The third-order valence-corrected chi connectivity index (χ3v) is 6.17. The quantitative estimate of drug-likeness (QED) is 0.624. The minimum Gasteiger partial charge on any atom is -0.441 e. The number of carbonyl (C=O) groups excluding carboxylic acids is 1. The largest absolute Gasteiger partial charge is 0.441 e. The summed E-state index contributed by atoms with van der Waals surface area (Å²) >= 11 is 7.98. The molecule has 1 amide bonds. The second kappa shape index (κ2) is 7.25. The average molecular weight is 387 g/mol. The van der Waals surface area contributed by atoms with Crippen LogP contribution in [0.15, 0.2) is 46.3 Å². The number of thiophene rings is 1. The fourth-order valence-electron chi connectivity index (χ4n) is 3.42. The fraction of sp³-hybridized carbons (Fsp3) is 0.300. The molecular formula is C20H19ClN2O2S. The van der Waals surface area contributed by atoms with Crippen molar-refractivity contribution >= 4 is 28.8 Å². The van der Waals surface area contributed by atoms with E-state index in [4.69, 9.17) is 16.0 Å². The molecule has 4 nitrogen and oxygen atoms in total. The zero-order valence-corrected chi connectivity index (χ0v) is 16.0. The number of benzene rings is 1. The van der Waals surface area contributed by atoms with E-state index in [1.54, 1.807) is 17.5 Å². The lowest BCUT2D eigenvalue weighted by molar-refractivity contribution is -0.133. The van der Waals surface area contributed by atoms with Crippen molar-refractivity contribution in [2.75, 3.05) is 6.54 Å². The highest BCUT2D eigenvalue weighted by atomic mass is 35.5. The van der Waals surface area contributed by atoms with Gasteiger partial charge in [-0.1, -0.05) is 23.7 Å². The van der Waals surface area contributed by atoms with Gasteiger partial charge in [0, 0.05) is 29.8 Å². The molecule has 0 saturated heterocycles. The van der Waals surface area contributed by atoms with Crippen LogP contribution in [0.5, 0.6) is 0 Å². The molecule has 1 aliphatic heterocycles. The molecule has 2 aromatic heterocycles. The van der Waals surface area contributed by atoms with Crippen molar-refractivity contribution in [2.24, 2.45) is 0 Å². The Hall–Kier alpha value is -2.11. The van der Waals surface area contributed by atoms with Gasteiger partial charge in [0.2, 0.25) is 5.91 Å². The summed E-state index contributed by atoms with van der Waals surface area (Å²) < 4.78 is 5.79. The van der Waals surface area contributed by atoms with Crippen LogP contribution >= 0.6 is 22.9 Å². The van der Waals surface area contributed by atoms with E-state index in [2.05, 4.69) is 23.4 Å². The Kier molecular flexibility index (Phi) is 4.83. The van der Waals surface area contributed by atoms with Gasteiger partial charge in [0.25, 0.3) is 0 Å². The van der Waals surface area contributed by atoms with Crippen LogP contribution < -0.4 is 0 Å². The number of amides is 1. The first-order valence-electron chi connectivity index (χ1n) is 8.69. The third-order valence-electron chi connectivity index (χ3n) is 4.84. The molecule has 1 atom stereocenters.